The van der Waals surface area contributed by atoms with Gasteiger partial charge in [0.25, 0.3) is 11.5 Å². The fourth-order valence-electron chi connectivity index (χ4n) is 2.38. The molecule has 0 spiro atoms. The van der Waals surface area contributed by atoms with Crippen molar-refractivity contribution >= 4 is 45.5 Å². The largest absolute Gasteiger partial charge is 0.332 e. The van der Waals surface area contributed by atoms with Crippen LogP contribution in [0.15, 0.2) is 35.6 Å². The minimum Gasteiger partial charge on any atom is -0.332 e. The van der Waals surface area contributed by atoms with Gasteiger partial charge in [0.05, 0.1) is 10.9 Å². The summed E-state index contributed by atoms with van der Waals surface area (Å²) in [6.45, 7) is 7.97. The van der Waals surface area contributed by atoms with Gasteiger partial charge < -0.3 is 4.98 Å². The third-order valence-corrected chi connectivity index (χ3v) is 5.17. The number of nitrogens with one attached hydrogen (secondary N) is 2. The molecule has 0 radical (unpaired) electrons. The first kappa shape index (κ1) is 18.2. The zero-order chi connectivity index (χ0) is 18.8. The van der Waals surface area contributed by atoms with Crippen LogP contribution in [-0.2, 0) is 6.54 Å². The van der Waals surface area contributed by atoms with Crippen molar-refractivity contribution in [2.45, 2.75) is 26.3 Å². The number of hydrogen-bond donors (Lipinski definition) is 2. The highest BCUT2D eigenvalue weighted by molar-refractivity contribution is 7.71. The minimum absolute atomic E-state index is 0.221. The molecule has 2 heterocycles. The molecule has 0 atom stereocenters. The number of aromatic amines is 1. The number of carbonyl (C=O) groups excluding carboxylic acids is 1. The lowest BCUT2D eigenvalue weighted by Gasteiger charge is -2.07. The zero-order valence-corrected chi connectivity index (χ0v) is 15.9. The van der Waals surface area contributed by atoms with Gasteiger partial charge in [-0.3, -0.25) is 19.5 Å². The molecule has 3 rings (SSSR count). The van der Waals surface area contributed by atoms with Crippen LogP contribution in [0.2, 0.25) is 0 Å². The number of amides is 1. The molecule has 3 aromatic rings. The van der Waals surface area contributed by atoms with E-state index in [1.807, 2.05) is 13.8 Å². The Labute approximate surface area is 158 Å². The maximum Gasteiger partial charge on any atom is 0.262 e. The van der Waals surface area contributed by atoms with E-state index in [9.17, 15) is 9.59 Å². The number of allylic oxidation sites excluding steroid dienone is 1. The standard InChI is InChI=1S/C17H17N5O2S2/c1-4-7-22-15(24)11-6-5-10(8-12(11)18-17(22)25)13(23)19-16-21-20-14(26-16)9(2)3/h4-6,8-9H,1,7H2,2-3H3,(H,18,25)(H,19,21,23). The zero-order valence-electron chi connectivity index (χ0n) is 14.3. The second-order valence-corrected chi connectivity index (χ2v) is 7.35. The lowest BCUT2D eigenvalue weighted by molar-refractivity contribution is 0.102. The van der Waals surface area contributed by atoms with Gasteiger partial charge in [0.1, 0.15) is 5.01 Å². The summed E-state index contributed by atoms with van der Waals surface area (Å²) < 4.78 is 1.70. The van der Waals surface area contributed by atoms with Gasteiger partial charge >= 0.3 is 0 Å². The van der Waals surface area contributed by atoms with E-state index in [4.69, 9.17) is 12.2 Å². The molecule has 0 aliphatic rings. The maximum atomic E-state index is 12.5. The van der Waals surface area contributed by atoms with Gasteiger partial charge in [-0.1, -0.05) is 31.3 Å². The summed E-state index contributed by atoms with van der Waals surface area (Å²) in [6.07, 6.45) is 1.60. The first-order valence-corrected chi connectivity index (χ1v) is 9.15. The Morgan fingerprint density at radius 3 is 2.88 bits per heavy atom. The van der Waals surface area contributed by atoms with Crippen molar-refractivity contribution in [1.29, 1.82) is 0 Å². The monoisotopic (exact) mass is 387 g/mol. The first-order valence-electron chi connectivity index (χ1n) is 7.93. The van der Waals surface area contributed by atoms with Gasteiger partial charge in [-0.2, -0.15) is 0 Å². The molecule has 1 amide bonds. The Morgan fingerprint density at radius 2 is 2.23 bits per heavy atom. The number of hydrogen-bond acceptors (Lipinski definition) is 6. The van der Waals surface area contributed by atoms with Gasteiger partial charge in [-0.25, -0.2) is 0 Å². The fraction of sp³-hybridized carbons (Fsp3) is 0.235. The van der Waals surface area contributed by atoms with Crippen LogP contribution in [0.4, 0.5) is 5.13 Å². The number of H-pyrrole nitrogens is 1. The molecule has 0 saturated carbocycles. The average molecular weight is 387 g/mol. The van der Waals surface area contributed by atoms with Crippen molar-refractivity contribution in [2.24, 2.45) is 0 Å². The predicted octanol–water partition coefficient (Wildman–Crippen LogP) is 3.47. The fourth-order valence-corrected chi connectivity index (χ4v) is 3.39. The van der Waals surface area contributed by atoms with Crippen LogP contribution in [0.25, 0.3) is 10.9 Å². The number of benzene rings is 1. The highest BCUT2D eigenvalue weighted by Crippen LogP contribution is 2.23. The second kappa shape index (κ2) is 7.30. The molecule has 0 fully saturated rings. The molecule has 26 heavy (non-hydrogen) atoms. The van der Waals surface area contributed by atoms with E-state index in [-0.39, 0.29) is 22.2 Å². The number of nitrogens with zero attached hydrogens (tertiary/aromatic N) is 3. The van der Waals surface area contributed by atoms with Crippen LogP contribution in [0.1, 0.15) is 35.1 Å². The molecule has 0 unspecified atom stereocenters. The van der Waals surface area contributed by atoms with Crippen LogP contribution in [0, 0.1) is 4.77 Å². The molecule has 2 N–H and O–H groups in total. The Hall–Kier alpha value is -2.65. The Balaban J connectivity index is 1.94. The van der Waals surface area contributed by atoms with E-state index < -0.39 is 0 Å². The van der Waals surface area contributed by atoms with Crippen LogP contribution < -0.4 is 10.9 Å². The third kappa shape index (κ3) is 3.49. The summed E-state index contributed by atoms with van der Waals surface area (Å²) in [7, 11) is 0. The lowest BCUT2D eigenvalue weighted by Crippen LogP contribution is -2.22. The summed E-state index contributed by atoms with van der Waals surface area (Å²) in [4.78, 5) is 27.9. The molecule has 0 bridgehead atoms. The molecule has 0 aliphatic carbocycles. The first-order chi connectivity index (χ1) is 12.4. The van der Waals surface area contributed by atoms with E-state index in [0.717, 1.165) is 5.01 Å². The predicted molar refractivity (Wildman–Crippen MR) is 106 cm³/mol. The molecule has 2 aromatic heterocycles. The third-order valence-electron chi connectivity index (χ3n) is 3.71. The summed E-state index contributed by atoms with van der Waals surface area (Å²) in [5, 5.41) is 12.5. The molecule has 0 saturated heterocycles. The van der Waals surface area contributed by atoms with E-state index in [1.165, 1.54) is 15.9 Å². The molecule has 9 heteroatoms. The summed E-state index contributed by atoms with van der Waals surface area (Å²) in [5.41, 5.74) is 0.680. The highest BCUT2D eigenvalue weighted by Gasteiger charge is 2.13. The van der Waals surface area contributed by atoms with E-state index in [1.54, 1.807) is 24.3 Å². The van der Waals surface area contributed by atoms with E-state index >= 15 is 0 Å². The molecule has 0 aliphatic heterocycles. The quantitative estimate of drug-likeness (QED) is 0.516. The van der Waals surface area contributed by atoms with Crippen molar-refractivity contribution in [2.75, 3.05) is 5.32 Å². The van der Waals surface area contributed by atoms with Crippen LogP contribution >= 0.6 is 23.6 Å². The number of carbonyl (C=O) groups is 1. The van der Waals surface area contributed by atoms with Gasteiger partial charge in [0.2, 0.25) is 5.13 Å². The summed E-state index contributed by atoms with van der Waals surface area (Å²) in [5.74, 6) is -0.0791. The van der Waals surface area contributed by atoms with Crippen molar-refractivity contribution in [3.05, 3.63) is 56.6 Å². The highest BCUT2D eigenvalue weighted by atomic mass is 32.1. The Morgan fingerprint density at radius 1 is 1.46 bits per heavy atom. The van der Waals surface area contributed by atoms with Crippen molar-refractivity contribution in [3.63, 3.8) is 0 Å². The molecule has 1 aromatic carbocycles. The Bertz CT molecular complexity index is 1110. The normalized spacial score (nSPS) is 11.0. The summed E-state index contributed by atoms with van der Waals surface area (Å²) in [6, 6.07) is 4.81. The smallest absolute Gasteiger partial charge is 0.262 e. The van der Waals surface area contributed by atoms with Crippen LogP contribution in [0.3, 0.4) is 0 Å². The van der Waals surface area contributed by atoms with Gasteiger partial charge in [0.15, 0.2) is 4.77 Å². The molecular weight excluding hydrogens is 370 g/mol. The van der Waals surface area contributed by atoms with Crippen LogP contribution in [0.5, 0.6) is 0 Å². The Kier molecular flexibility index (Phi) is 5.10. The minimum atomic E-state index is -0.326. The van der Waals surface area contributed by atoms with Crippen molar-refractivity contribution in [3.8, 4) is 0 Å². The topological polar surface area (TPSA) is 92.7 Å². The number of anilines is 1. The number of aromatic nitrogens is 4. The number of rotatable bonds is 5. The van der Waals surface area contributed by atoms with Crippen LogP contribution in [-0.4, -0.2) is 25.7 Å². The van der Waals surface area contributed by atoms with Gasteiger partial charge in [-0.15, -0.1) is 16.8 Å². The van der Waals surface area contributed by atoms with Gasteiger partial charge in [-0.05, 0) is 30.4 Å². The lowest BCUT2D eigenvalue weighted by atomic mass is 10.1. The molecular formula is C17H17N5O2S2. The van der Waals surface area contributed by atoms with Gasteiger partial charge in [0, 0.05) is 18.0 Å². The molecule has 134 valence electrons. The van der Waals surface area contributed by atoms with E-state index in [2.05, 4.69) is 27.1 Å². The summed E-state index contributed by atoms with van der Waals surface area (Å²) >= 11 is 6.55. The SMILES string of the molecule is C=CCn1c(=S)[nH]c2cc(C(=O)Nc3nnc(C(C)C)s3)ccc2c1=O. The van der Waals surface area contributed by atoms with Crippen molar-refractivity contribution < 1.29 is 4.79 Å². The second-order valence-electron chi connectivity index (χ2n) is 5.95. The van der Waals surface area contributed by atoms with E-state index in [0.29, 0.717) is 28.1 Å². The van der Waals surface area contributed by atoms with Crippen molar-refractivity contribution in [1.82, 2.24) is 19.7 Å². The average Bonchev–Trinajstić information content (AvgIpc) is 3.07. The maximum absolute atomic E-state index is 12.5. The number of fused-ring (bicyclic) bond motifs is 1. The molecule has 7 nitrogen and oxygen atoms in total.